The molecule has 112 valence electrons. The van der Waals surface area contributed by atoms with Gasteiger partial charge in [-0.05, 0) is 34.6 Å². The van der Waals surface area contributed by atoms with Crippen molar-refractivity contribution < 1.29 is 9.90 Å². The van der Waals surface area contributed by atoms with E-state index in [-0.39, 0.29) is 16.7 Å². The van der Waals surface area contributed by atoms with Crippen LogP contribution in [0.1, 0.15) is 59.7 Å². The number of rotatable bonds is 5. The molecule has 6 heteroatoms. The summed E-state index contributed by atoms with van der Waals surface area (Å²) in [6.07, 6.45) is 0.541. The van der Waals surface area contributed by atoms with Crippen molar-refractivity contribution in [2.75, 3.05) is 0 Å². The van der Waals surface area contributed by atoms with Crippen molar-refractivity contribution in [2.24, 2.45) is 16.2 Å². The minimum atomic E-state index is -0.840. The lowest BCUT2D eigenvalue weighted by atomic mass is 9.87. The second-order valence-electron chi connectivity index (χ2n) is 7.29. The molecule has 1 aromatic heterocycles. The lowest BCUT2D eigenvalue weighted by molar-refractivity contribution is -0.149. The molecular weight excluding hydrogens is 256 g/mol. The summed E-state index contributed by atoms with van der Waals surface area (Å²) in [5, 5.41) is 21.3. The minimum Gasteiger partial charge on any atom is -0.481 e. The zero-order valence-corrected chi connectivity index (χ0v) is 13.1. The van der Waals surface area contributed by atoms with Gasteiger partial charge in [-0.25, -0.2) is 4.68 Å². The maximum atomic E-state index is 11.4. The van der Waals surface area contributed by atoms with Gasteiger partial charge in [0.05, 0.1) is 12.0 Å². The Morgan fingerprint density at radius 1 is 1.35 bits per heavy atom. The second kappa shape index (κ2) is 4.27. The number of aliphatic carboxylic acids is 1. The van der Waals surface area contributed by atoms with Gasteiger partial charge in [0.25, 0.3) is 0 Å². The molecule has 0 spiro atoms. The van der Waals surface area contributed by atoms with Gasteiger partial charge in [-0.2, -0.15) is 0 Å². The molecule has 20 heavy (non-hydrogen) atoms. The Morgan fingerprint density at radius 2 is 1.90 bits per heavy atom. The van der Waals surface area contributed by atoms with Crippen LogP contribution < -0.4 is 0 Å². The zero-order valence-electron chi connectivity index (χ0n) is 13.1. The number of hydrogen-bond donors (Lipinski definition) is 1. The van der Waals surface area contributed by atoms with Crippen molar-refractivity contribution >= 4 is 5.97 Å². The fraction of sp³-hybridized carbons (Fsp3) is 0.857. The van der Waals surface area contributed by atoms with Gasteiger partial charge in [-0.15, -0.1) is 5.10 Å². The number of aromatic nitrogens is 4. The van der Waals surface area contributed by atoms with E-state index in [2.05, 4.69) is 43.2 Å². The van der Waals surface area contributed by atoms with E-state index in [1.165, 1.54) is 0 Å². The third-order valence-electron chi connectivity index (χ3n) is 5.63. The Bertz CT molecular complexity index is 521. The molecule has 2 rings (SSSR count). The SMILES string of the molecule is CCC(C)(Cn1nnnc1C1C(C)(C)C1(C)C)C(=O)O. The molecule has 0 radical (unpaired) electrons. The molecule has 0 bridgehead atoms. The van der Waals surface area contributed by atoms with Crippen LogP contribution in [0.2, 0.25) is 0 Å². The molecule has 1 atom stereocenters. The molecule has 1 aliphatic carbocycles. The maximum absolute atomic E-state index is 11.4. The molecule has 1 fully saturated rings. The Morgan fingerprint density at radius 3 is 2.30 bits per heavy atom. The van der Waals surface area contributed by atoms with Crippen LogP contribution in [0.25, 0.3) is 0 Å². The molecule has 0 aliphatic heterocycles. The van der Waals surface area contributed by atoms with Gasteiger partial charge >= 0.3 is 5.97 Å². The Kier molecular flexibility index (Phi) is 3.19. The van der Waals surface area contributed by atoms with Crippen molar-refractivity contribution in [3.05, 3.63) is 5.82 Å². The van der Waals surface area contributed by atoms with Gasteiger partial charge in [0, 0.05) is 5.92 Å². The standard InChI is InChI=1S/C14H24N4O2/c1-7-14(6,11(19)20)8-18-10(15-16-17-18)9-12(2,3)13(9,4)5/h9H,7-8H2,1-6H3,(H,19,20). The molecule has 1 saturated carbocycles. The normalized spacial score (nSPS) is 23.3. The average Bonchev–Trinajstić information content (AvgIpc) is 2.68. The molecule has 1 aromatic rings. The van der Waals surface area contributed by atoms with Crippen molar-refractivity contribution in [1.29, 1.82) is 0 Å². The summed E-state index contributed by atoms with van der Waals surface area (Å²) in [6.45, 7) is 12.7. The van der Waals surface area contributed by atoms with E-state index in [1.807, 2.05) is 6.92 Å². The van der Waals surface area contributed by atoms with Gasteiger partial charge in [-0.3, -0.25) is 4.79 Å². The number of hydrogen-bond acceptors (Lipinski definition) is 4. The Balaban J connectivity index is 2.30. The molecule has 1 N–H and O–H groups in total. The van der Waals surface area contributed by atoms with Crippen LogP contribution in [0.3, 0.4) is 0 Å². The summed E-state index contributed by atoms with van der Waals surface area (Å²) < 4.78 is 1.68. The Labute approximate surface area is 119 Å². The van der Waals surface area contributed by atoms with E-state index < -0.39 is 11.4 Å². The molecule has 0 saturated heterocycles. The minimum absolute atomic E-state index is 0.130. The molecule has 0 aromatic carbocycles. The van der Waals surface area contributed by atoms with E-state index in [0.29, 0.717) is 13.0 Å². The highest BCUT2D eigenvalue weighted by Gasteiger charge is 2.67. The zero-order chi connectivity index (χ0) is 15.3. The van der Waals surface area contributed by atoms with Gasteiger partial charge in [-0.1, -0.05) is 34.6 Å². The lowest BCUT2D eigenvalue weighted by Gasteiger charge is -2.23. The highest BCUT2D eigenvalue weighted by molar-refractivity contribution is 5.73. The van der Waals surface area contributed by atoms with Crippen molar-refractivity contribution in [3.8, 4) is 0 Å². The van der Waals surface area contributed by atoms with Crippen LogP contribution in [0.15, 0.2) is 0 Å². The first-order valence-corrected chi connectivity index (χ1v) is 7.07. The van der Waals surface area contributed by atoms with E-state index in [4.69, 9.17) is 0 Å². The number of tetrazole rings is 1. The van der Waals surface area contributed by atoms with E-state index in [9.17, 15) is 9.90 Å². The smallest absolute Gasteiger partial charge is 0.311 e. The summed E-state index contributed by atoms with van der Waals surface area (Å²) in [7, 11) is 0. The van der Waals surface area contributed by atoms with Gasteiger partial charge in [0.2, 0.25) is 0 Å². The highest BCUT2D eigenvalue weighted by atomic mass is 16.4. The summed E-state index contributed by atoms with van der Waals surface area (Å²) in [5.41, 5.74) is -0.579. The lowest BCUT2D eigenvalue weighted by Crippen LogP contribution is -2.33. The summed E-state index contributed by atoms with van der Waals surface area (Å²) >= 11 is 0. The molecular formula is C14H24N4O2. The topological polar surface area (TPSA) is 80.9 Å². The molecule has 6 nitrogen and oxygen atoms in total. The quantitative estimate of drug-likeness (QED) is 0.895. The number of carboxylic acid groups (broad SMARTS) is 1. The van der Waals surface area contributed by atoms with Crippen molar-refractivity contribution in [2.45, 2.75) is 60.4 Å². The van der Waals surface area contributed by atoms with E-state index in [0.717, 1.165) is 5.82 Å². The first-order chi connectivity index (χ1) is 9.08. The number of carboxylic acids is 1. The second-order valence-corrected chi connectivity index (χ2v) is 7.29. The van der Waals surface area contributed by atoms with Crippen molar-refractivity contribution in [1.82, 2.24) is 20.2 Å². The van der Waals surface area contributed by atoms with E-state index in [1.54, 1.807) is 11.6 Å². The van der Waals surface area contributed by atoms with Crippen molar-refractivity contribution in [3.63, 3.8) is 0 Å². The first kappa shape index (κ1) is 14.9. The maximum Gasteiger partial charge on any atom is 0.311 e. The third kappa shape index (κ3) is 1.93. The van der Waals surface area contributed by atoms with Crippen LogP contribution in [0, 0.1) is 16.2 Å². The summed E-state index contributed by atoms with van der Waals surface area (Å²) in [4.78, 5) is 11.4. The Hall–Kier alpha value is -1.46. The van der Waals surface area contributed by atoms with Crippen LogP contribution in [0.5, 0.6) is 0 Å². The first-order valence-electron chi connectivity index (χ1n) is 7.07. The monoisotopic (exact) mass is 280 g/mol. The predicted molar refractivity (Wildman–Crippen MR) is 74.2 cm³/mol. The number of carbonyl (C=O) groups is 1. The largest absolute Gasteiger partial charge is 0.481 e. The third-order valence-corrected chi connectivity index (χ3v) is 5.63. The summed E-state index contributed by atoms with van der Waals surface area (Å²) in [6, 6.07) is 0. The summed E-state index contributed by atoms with van der Waals surface area (Å²) in [5.74, 6) is 0.261. The van der Waals surface area contributed by atoms with Crippen LogP contribution in [0.4, 0.5) is 0 Å². The molecule has 0 amide bonds. The van der Waals surface area contributed by atoms with Gasteiger partial charge in [0.15, 0.2) is 5.82 Å². The van der Waals surface area contributed by atoms with Crippen LogP contribution in [-0.2, 0) is 11.3 Å². The predicted octanol–water partition coefficient (Wildman–Crippen LogP) is 2.32. The molecule has 1 aliphatic rings. The molecule has 1 unspecified atom stereocenters. The van der Waals surface area contributed by atoms with E-state index >= 15 is 0 Å². The highest BCUT2D eigenvalue weighted by Crippen LogP contribution is 2.73. The van der Waals surface area contributed by atoms with Gasteiger partial charge < -0.3 is 5.11 Å². The van der Waals surface area contributed by atoms with Gasteiger partial charge in [0.1, 0.15) is 0 Å². The fourth-order valence-corrected chi connectivity index (χ4v) is 3.03. The average molecular weight is 280 g/mol. The van der Waals surface area contributed by atoms with Crippen LogP contribution in [-0.4, -0.2) is 31.3 Å². The fourth-order valence-electron chi connectivity index (χ4n) is 3.03. The number of nitrogens with zero attached hydrogens (tertiary/aromatic N) is 4. The molecule has 1 heterocycles. The van der Waals surface area contributed by atoms with Crippen LogP contribution >= 0.6 is 0 Å².